The van der Waals surface area contributed by atoms with Gasteiger partial charge in [-0.1, -0.05) is 0 Å². The van der Waals surface area contributed by atoms with Gasteiger partial charge in [0, 0.05) is 38.3 Å². The zero-order valence-corrected chi connectivity index (χ0v) is 21.9. The van der Waals surface area contributed by atoms with Gasteiger partial charge in [0.1, 0.15) is 11.5 Å². The molecule has 0 aromatic heterocycles. The lowest BCUT2D eigenvalue weighted by atomic mass is 9.49. The van der Waals surface area contributed by atoms with Crippen LogP contribution in [0, 0.1) is 23.2 Å². The summed E-state index contributed by atoms with van der Waals surface area (Å²) in [5.74, 6) is 4.55. The van der Waals surface area contributed by atoms with Gasteiger partial charge < -0.3 is 19.3 Å². The van der Waals surface area contributed by atoms with Crippen LogP contribution >= 0.6 is 0 Å². The van der Waals surface area contributed by atoms with Crippen LogP contribution in [-0.4, -0.2) is 80.0 Å². The number of benzene rings is 1. The number of piperazine rings is 1. The first-order chi connectivity index (χ1) is 17.5. The third-order valence-corrected chi connectivity index (χ3v) is 9.88. The largest absolute Gasteiger partial charge is 0.497 e. The highest BCUT2D eigenvalue weighted by molar-refractivity contribution is 5.83. The highest BCUT2D eigenvalue weighted by Gasteiger charge is 2.55. The van der Waals surface area contributed by atoms with Crippen LogP contribution < -0.4 is 9.47 Å². The van der Waals surface area contributed by atoms with Gasteiger partial charge in [-0.2, -0.15) is 0 Å². The zero-order valence-electron chi connectivity index (χ0n) is 21.9. The van der Waals surface area contributed by atoms with E-state index in [1.807, 2.05) is 23.1 Å². The van der Waals surface area contributed by atoms with Gasteiger partial charge in [0.25, 0.3) is 0 Å². The maximum Gasteiger partial charge on any atom is 0.237 e. The molecule has 7 rings (SSSR count). The minimum atomic E-state index is -0.0642. The normalized spacial score (nSPS) is 33.7. The maximum absolute atomic E-state index is 13.7. The van der Waals surface area contributed by atoms with Crippen LogP contribution in [0.4, 0.5) is 0 Å². The monoisotopic (exact) mass is 495 g/mol. The maximum atomic E-state index is 13.7. The van der Waals surface area contributed by atoms with Crippen molar-refractivity contribution in [3.05, 3.63) is 23.8 Å². The van der Waals surface area contributed by atoms with Gasteiger partial charge in [0.05, 0.1) is 32.2 Å². The molecule has 6 fully saturated rings. The summed E-state index contributed by atoms with van der Waals surface area (Å²) in [5.41, 5.74) is 0.958. The fraction of sp³-hybridized carbons (Fsp3) is 0.724. The standard InChI is InChI=1S/C29H41N3O4/c1-35-23-5-6-26(36-2)24(15-23)25-4-3-7-32(25)27(33)19-30-8-10-31(11-9-30)28(34)29-16-20-12-21(17-29)14-22(13-20)18-29/h5-6,15,20-22,25H,3-4,7-14,16-19H2,1-2H3. The summed E-state index contributed by atoms with van der Waals surface area (Å²) in [7, 11) is 3.34. The van der Waals surface area contributed by atoms with E-state index in [9.17, 15) is 9.59 Å². The predicted molar refractivity (Wildman–Crippen MR) is 137 cm³/mol. The summed E-state index contributed by atoms with van der Waals surface area (Å²) in [6, 6.07) is 5.84. The molecule has 0 radical (unpaired) electrons. The lowest BCUT2D eigenvalue weighted by molar-refractivity contribution is -0.159. The lowest BCUT2D eigenvalue weighted by Crippen LogP contribution is -2.58. The van der Waals surface area contributed by atoms with E-state index in [1.54, 1.807) is 14.2 Å². The van der Waals surface area contributed by atoms with Crippen molar-refractivity contribution >= 4 is 11.8 Å². The molecule has 196 valence electrons. The molecule has 2 heterocycles. The first-order valence-corrected chi connectivity index (χ1v) is 14.0. The fourth-order valence-corrected chi connectivity index (χ4v) is 8.59. The number of methoxy groups -OCH3 is 2. The highest BCUT2D eigenvalue weighted by Crippen LogP contribution is 2.60. The second-order valence-electron chi connectivity index (χ2n) is 12.1. The summed E-state index contributed by atoms with van der Waals surface area (Å²) in [6.07, 6.45) is 9.39. The Kier molecular flexibility index (Phi) is 6.39. The summed E-state index contributed by atoms with van der Waals surface area (Å²) >= 11 is 0. The Hall–Kier alpha value is -2.28. The molecule has 6 aliphatic rings. The van der Waals surface area contributed by atoms with Crippen LogP contribution in [0.2, 0.25) is 0 Å². The SMILES string of the molecule is COc1ccc(OC)c(C2CCCN2C(=O)CN2CCN(C(=O)C34CC5CC(CC(C5)C3)C4)CC2)c1. The molecule has 2 amide bonds. The molecular weight excluding hydrogens is 454 g/mol. The Bertz CT molecular complexity index is 967. The Balaban J connectivity index is 1.06. The topological polar surface area (TPSA) is 62.3 Å². The van der Waals surface area contributed by atoms with Crippen LogP contribution in [0.25, 0.3) is 0 Å². The summed E-state index contributed by atoms with van der Waals surface area (Å²) < 4.78 is 11.1. The molecule has 7 nitrogen and oxygen atoms in total. The number of carbonyl (C=O) groups excluding carboxylic acids is 2. The van der Waals surface area contributed by atoms with Crippen molar-refractivity contribution < 1.29 is 19.1 Å². The molecule has 1 aromatic rings. The predicted octanol–water partition coefficient (Wildman–Crippen LogP) is 3.73. The average Bonchev–Trinajstić information content (AvgIpc) is 3.38. The Morgan fingerprint density at radius 3 is 2.19 bits per heavy atom. The first kappa shape index (κ1) is 24.1. The van der Waals surface area contributed by atoms with Crippen molar-refractivity contribution in [2.75, 3.05) is 53.5 Å². The van der Waals surface area contributed by atoms with Crippen molar-refractivity contribution in [1.82, 2.24) is 14.7 Å². The molecule has 4 saturated carbocycles. The Morgan fingerprint density at radius 1 is 0.917 bits per heavy atom. The number of carbonyl (C=O) groups is 2. The fourth-order valence-electron chi connectivity index (χ4n) is 8.59. The number of ether oxygens (including phenoxy) is 2. The number of hydrogen-bond acceptors (Lipinski definition) is 5. The van der Waals surface area contributed by atoms with Crippen LogP contribution in [0.3, 0.4) is 0 Å². The van der Waals surface area contributed by atoms with E-state index in [0.717, 1.165) is 99.6 Å². The van der Waals surface area contributed by atoms with Crippen molar-refractivity contribution in [1.29, 1.82) is 0 Å². The van der Waals surface area contributed by atoms with Crippen molar-refractivity contribution in [3.8, 4) is 11.5 Å². The number of amides is 2. The molecule has 7 heteroatoms. The van der Waals surface area contributed by atoms with Gasteiger partial charge in [-0.05, 0) is 87.3 Å². The molecule has 0 N–H and O–H groups in total. The molecule has 1 atom stereocenters. The van der Waals surface area contributed by atoms with Gasteiger partial charge in [0.15, 0.2) is 0 Å². The Labute approximate surface area is 215 Å². The Morgan fingerprint density at radius 2 is 1.58 bits per heavy atom. The van der Waals surface area contributed by atoms with Gasteiger partial charge >= 0.3 is 0 Å². The molecule has 2 aliphatic heterocycles. The van der Waals surface area contributed by atoms with E-state index >= 15 is 0 Å². The third kappa shape index (κ3) is 4.27. The van der Waals surface area contributed by atoms with Gasteiger partial charge in [-0.3, -0.25) is 14.5 Å². The minimum Gasteiger partial charge on any atom is -0.497 e. The van der Waals surface area contributed by atoms with Crippen LogP contribution in [0.5, 0.6) is 11.5 Å². The number of likely N-dealkylation sites (tertiary alicyclic amines) is 1. The number of hydrogen-bond donors (Lipinski definition) is 0. The molecule has 36 heavy (non-hydrogen) atoms. The molecule has 4 bridgehead atoms. The second kappa shape index (κ2) is 9.55. The molecule has 4 aliphatic carbocycles. The van der Waals surface area contributed by atoms with Gasteiger partial charge in [0.2, 0.25) is 11.8 Å². The van der Waals surface area contributed by atoms with E-state index in [1.165, 1.54) is 19.3 Å². The molecular formula is C29H41N3O4. The van der Waals surface area contributed by atoms with E-state index < -0.39 is 0 Å². The van der Waals surface area contributed by atoms with Crippen LogP contribution in [0.15, 0.2) is 18.2 Å². The molecule has 1 unspecified atom stereocenters. The average molecular weight is 496 g/mol. The van der Waals surface area contributed by atoms with Crippen molar-refractivity contribution in [3.63, 3.8) is 0 Å². The van der Waals surface area contributed by atoms with Gasteiger partial charge in [-0.25, -0.2) is 0 Å². The van der Waals surface area contributed by atoms with Crippen molar-refractivity contribution in [2.24, 2.45) is 23.2 Å². The molecule has 1 aromatic carbocycles. The second-order valence-corrected chi connectivity index (χ2v) is 12.1. The molecule has 2 saturated heterocycles. The van der Waals surface area contributed by atoms with E-state index in [2.05, 4.69) is 9.80 Å². The van der Waals surface area contributed by atoms with Crippen molar-refractivity contribution in [2.45, 2.75) is 57.4 Å². The zero-order chi connectivity index (χ0) is 24.9. The summed E-state index contributed by atoms with van der Waals surface area (Å²) in [4.78, 5) is 33.5. The summed E-state index contributed by atoms with van der Waals surface area (Å²) in [6.45, 7) is 4.26. The third-order valence-electron chi connectivity index (χ3n) is 9.88. The highest BCUT2D eigenvalue weighted by atomic mass is 16.5. The van der Waals surface area contributed by atoms with Gasteiger partial charge in [-0.15, -0.1) is 0 Å². The molecule has 0 spiro atoms. The van der Waals surface area contributed by atoms with E-state index in [0.29, 0.717) is 12.5 Å². The minimum absolute atomic E-state index is 0.0153. The van der Waals surface area contributed by atoms with E-state index in [4.69, 9.17) is 9.47 Å². The quantitative estimate of drug-likeness (QED) is 0.602. The first-order valence-electron chi connectivity index (χ1n) is 14.0. The van der Waals surface area contributed by atoms with Crippen LogP contribution in [-0.2, 0) is 9.59 Å². The number of rotatable bonds is 6. The van der Waals surface area contributed by atoms with E-state index in [-0.39, 0.29) is 17.4 Å². The smallest absolute Gasteiger partial charge is 0.237 e. The summed E-state index contributed by atoms with van der Waals surface area (Å²) in [5, 5.41) is 0. The van der Waals surface area contributed by atoms with Crippen LogP contribution in [0.1, 0.15) is 63.0 Å². The number of nitrogens with zero attached hydrogens (tertiary/aromatic N) is 3. The lowest BCUT2D eigenvalue weighted by Gasteiger charge is -2.57.